The zero-order valence-electron chi connectivity index (χ0n) is 17.8. The van der Waals surface area contributed by atoms with Gasteiger partial charge in [0.2, 0.25) is 20.7 Å². The van der Waals surface area contributed by atoms with Crippen LogP contribution in [0.5, 0.6) is 5.88 Å². The highest BCUT2D eigenvalue weighted by Crippen LogP contribution is 2.41. The molecule has 1 amide bonds. The summed E-state index contributed by atoms with van der Waals surface area (Å²) in [7, 11) is -4.75. The van der Waals surface area contributed by atoms with Gasteiger partial charge in [-0.3, -0.25) is 4.79 Å². The molecule has 0 unspecified atom stereocenters. The lowest BCUT2D eigenvalue weighted by Gasteiger charge is -2.34. The third-order valence-corrected chi connectivity index (χ3v) is 7.65. The molecule has 0 radical (unpaired) electrons. The second-order valence-electron chi connectivity index (χ2n) is 7.95. The smallest absolute Gasteiger partial charge is 0.422 e. The van der Waals surface area contributed by atoms with Gasteiger partial charge in [0.25, 0.3) is 5.91 Å². The second-order valence-corrected chi connectivity index (χ2v) is 10.2. The Morgan fingerprint density at radius 2 is 1.74 bits per heavy atom. The monoisotopic (exact) mass is 528 g/mol. The van der Waals surface area contributed by atoms with Crippen LogP contribution in [0.25, 0.3) is 0 Å². The number of halogens is 7. The first-order valence-corrected chi connectivity index (χ1v) is 11.7. The summed E-state index contributed by atoms with van der Waals surface area (Å²) in [6.45, 7) is -1.55. The molecule has 1 saturated carbocycles. The maximum absolute atomic E-state index is 15.4. The molecule has 0 atom stereocenters. The second kappa shape index (κ2) is 9.63. The van der Waals surface area contributed by atoms with Crippen LogP contribution in [0.4, 0.5) is 30.7 Å². The third kappa shape index (κ3) is 6.41. The number of carbonyl (C=O) groups is 1. The number of hydrogen-bond acceptors (Lipinski definition) is 5. The number of alkyl halides is 7. The number of benzene rings is 1. The van der Waals surface area contributed by atoms with Crippen molar-refractivity contribution in [3.8, 4) is 5.88 Å². The normalized spacial score (nSPS) is 21.4. The molecule has 1 fully saturated rings. The van der Waals surface area contributed by atoms with E-state index in [1.807, 2.05) is 0 Å². The molecular weight excluding hydrogens is 509 g/mol. The van der Waals surface area contributed by atoms with Crippen molar-refractivity contribution >= 4 is 15.7 Å². The highest BCUT2D eigenvalue weighted by atomic mass is 32.2. The molecule has 1 aromatic carbocycles. The van der Waals surface area contributed by atoms with Gasteiger partial charge in [-0.2, -0.15) is 26.3 Å². The highest BCUT2D eigenvalue weighted by Gasteiger charge is 2.48. The van der Waals surface area contributed by atoms with E-state index >= 15 is 4.39 Å². The fourth-order valence-corrected chi connectivity index (χ4v) is 5.27. The Labute approximate surface area is 195 Å². The van der Waals surface area contributed by atoms with Crippen LogP contribution < -0.4 is 10.1 Å². The van der Waals surface area contributed by atoms with Crippen molar-refractivity contribution < 1.29 is 48.7 Å². The average molecular weight is 528 g/mol. The fraction of sp³-hybridized carbons (Fsp3) is 0.429. The molecule has 2 aromatic rings. The largest absolute Gasteiger partial charge is 0.468 e. The van der Waals surface area contributed by atoms with Gasteiger partial charge in [-0.25, -0.2) is 17.8 Å². The Bertz CT molecular complexity index is 1160. The zero-order valence-corrected chi connectivity index (χ0v) is 18.6. The highest BCUT2D eigenvalue weighted by molar-refractivity contribution is 7.92. The molecule has 3 rings (SSSR count). The van der Waals surface area contributed by atoms with Crippen LogP contribution in [0.1, 0.15) is 41.6 Å². The summed E-state index contributed by atoms with van der Waals surface area (Å²) < 4.78 is 121. The number of amides is 1. The number of sulfone groups is 1. The predicted octanol–water partition coefficient (Wildman–Crippen LogP) is 4.85. The van der Waals surface area contributed by atoms with Gasteiger partial charge in [0, 0.05) is 18.3 Å². The summed E-state index contributed by atoms with van der Waals surface area (Å²) >= 11 is 0. The molecule has 1 N–H and O–H groups in total. The standard InChI is InChI=1S/C21H19F7N2O4S/c22-19(35(32,33)16-3-1-2-14(10-16)21(26,27)28)8-6-15(7-9-19)30-18(31)13-4-5-17(29-11-13)34-12-20(23,24)25/h1-5,10-11,15H,6-9,12H2,(H,30,31)/t15-,19+. The van der Waals surface area contributed by atoms with E-state index in [1.165, 1.54) is 6.07 Å². The molecule has 35 heavy (non-hydrogen) atoms. The lowest BCUT2D eigenvalue weighted by molar-refractivity contribution is -0.154. The maximum Gasteiger partial charge on any atom is 0.422 e. The minimum atomic E-state index is -4.80. The summed E-state index contributed by atoms with van der Waals surface area (Å²) in [6.07, 6.45) is -9.70. The zero-order chi connectivity index (χ0) is 26.1. The van der Waals surface area contributed by atoms with Crippen molar-refractivity contribution in [2.75, 3.05) is 6.61 Å². The van der Waals surface area contributed by atoms with Gasteiger partial charge in [-0.15, -0.1) is 0 Å². The van der Waals surface area contributed by atoms with E-state index in [-0.39, 0.29) is 24.3 Å². The van der Waals surface area contributed by atoms with E-state index in [1.54, 1.807) is 0 Å². The lowest BCUT2D eigenvalue weighted by atomic mass is 9.93. The summed E-state index contributed by atoms with van der Waals surface area (Å²) in [6, 6.07) is 4.46. The van der Waals surface area contributed by atoms with E-state index in [0.717, 1.165) is 24.4 Å². The Morgan fingerprint density at radius 3 is 2.29 bits per heavy atom. The van der Waals surface area contributed by atoms with Gasteiger partial charge in [0.15, 0.2) is 6.61 Å². The topological polar surface area (TPSA) is 85.4 Å². The Kier molecular flexibility index (Phi) is 7.34. The van der Waals surface area contributed by atoms with Crippen LogP contribution in [0, 0.1) is 0 Å². The first-order valence-electron chi connectivity index (χ1n) is 10.2. The lowest BCUT2D eigenvalue weighted by Crippen LogP contribution is -2.45. The van der Waals surface area contributed by atoms with Crippen molar-refractivity contribution in [3.63, 3.8) is 0 Å². The molecule has 1 aliphatic rings. The van der Waals surface area contributed by atoms with E-state index in [2.05, 4.69) is 15.0 Å². The van der Waals surface area contributed by atoms with Crippen LogP contribution in [-0.4, -0.2) is 43.1 Å². The van der Waals surface area contributed by atoms with Crippen molar-refractivity contribution in [2.45, 2.75) is 54.0 Å². The van der Waals surface area contributed by atoms with E-state index in [4.69, 9.17) is 0 Å². The number of aromatic nitrogens is 1. The number of rotatable bonds is 6. The molecule has 1 aromatic heterocycles. The molecule has 192 valence electrons. The molecule has 0 saturated heterocycles. The summed E-state index contributed by atoms with van der Waals surface area (Å²) in [5.74, 6) is -1.02. The molecule has 6 nitrogen and oxygen atoms in total. The first kappa shape index (κ1) is 26.7. The van der Waals surface area contributed by atoms with Gasteiger partial charge in [0.1, 0.15) is 0 Å². The van der Waals surface area contributed by atoms with Gasteiger partial charge in [0.05, 0.1) is 16.0 Å². The first-order chi connectivity index (χ1) is 16.1. The number of carbonyl (C=O) groups excluding carboxylic acids is 1. The number of pyridine rings is 1. The Morgan fingerprint density at radius 1 is 1.09 bits per heavy atom. The number of hydrogen-bond donors (Lipinski definition) is 1. The molecule has 0 bridgehead atoms. The Balaban J connectivity index is 1.61. The van der Waals surface area contributed by atoms with Gasteiger partial charge >= 0.3 is 12.4 Å². The predicted molar refractivity (Wildman–Crippen MR) is 108 cm³/mol. The SMILES string of the molecule is O=C(N[C@H]1CC[C@@](F)(S(=O)(=O)c2cccc(C(F)(F)F)c2)CC1)c1ccc(OCC(F)(F)F)nc1. The van der Waals surface area contributed by atoms with Gasteiger partial charge in [-0.1, -0.05) is 6.07 Å². The van der Waals surface area contributed by atoms with Gasteiger partial charge in [-0.05, 0) is 49.9 Å². The number of nitrogens with zero attached hydrogens (tertiary/aromatic N) is 1. The van der Waals surface area contributed by atoms with Crippen molar-refractivity contribution in [3.05, 3.63) is 53.7 Å². The summed E-state index contributed by atoms with van der Waals surface area (Å²) in [5, 5.41) is -0.249. The summed E-state index contributed by atoms with van der Waals surface area (Å²) in [4.78, 5) is 15.2. The van der Waals surface area contributed by atoms with Gasteiger partial charge < -0.3 is 10.1 Å². The molecule has 0 aliphatic heterocycles. The van der Waals surface area contributed by atoms with Crippen LogP contribution in [-0.2, 0) is 16.0 Å². The van der Waals surface area contributed by atoms with E-state index in [0.29, 0.717) is 12.1 Å². The number of nitrogens with one attached hydrogen (secondary N) is 1. The van der Waals surface area contributed by atoms with Crippen molar-refractivity contribution in [2.24, 2.45) is 0 Å². The number of ether oxygens (including phenoxy) is 1. The molecule has 1 heterocycles. The van der Waals surface area contributed by atoms with Crippen molar-refractivity contribution in [1.82, 2.24) is 10.3 Å². The summed E-state index contributed by atoms with van der Waals surface area (Å²) in [5.41, 5.74) is -1.23. The van der Waals surface area contributed by atoms with Crippen LogP contribution in [0.15, 0.2) is 47.5 Å². The third-order valence-electron chi connectivity index (χ3n) is 5.40. The van der Waals surface area contributed by atoms with Crippen molar-refractivity contribution in [1.29, 1.82) is 0 Å². The maximum atomic E-state index is 15.4. The van der Waals surface area contributed by atoms with E-state index < -0.39 is 69.0 Å². The molecular formula is C21H19F7N2O4S. The van der Waals surface area contributed by atoms with Crippen LogP contribution in [0.3, 0.4) is 0 Å². The minimum Gasteiger partial charge on any atom is -0.468 e. The van der Waals surface area contributed by atoms with Crippen LogP contribution in [0.2, 0.25) is 0 Å². The quantitative estimate of drug-likeness (QED) is 0.542. The fourth-order valence-electron chi connectivity index (χ4n) is 3.54. The average Bonchev–Trinajstić information content (AvgIpc) is 2.78. The molecule has 0 spiro atoms. The molecule has 14 heteroatoms. The van der Waals surface area contributed by atoms with Crippen LogP contribution >= 0.6 is 0 Å². The molecule has 1 aliphatic carbocycles. The van der Waals surface area contributed by atoms with E-state index in [9.17, 15) is 39.6 Å². The Hall–Kier alpha value is -2.90. The minimum absolute atomic E-state index is 0.0157.